The molecule has 0 radical (unpaired) electrons. The highest BCUT2D eigenvalue weighted by Gasteiger charge is 2.10. The molecule has 2 heterocycles. The van der Waals surface area contributed by atoms with Crippen molar-refractivity contribution in [3.8, 4) is 5.75 Å². The second-order valence-corrected chi connectivity index (χ2v) is 6.54. The number of imide groups is 1. The normalized spacial score (nSPS) is 10.5. The van der Waals surface area contributed by atoms with Gasteiger partial charge in [0.05, 0.1) is 6.54 Å². The molecule has 0 unspecified atom stereocenters. The second kappa shape index (κ2) is 7.83. The van der Waals surface area contributed by atoms with E-state index in [0.29, 0.717) is 17.9 Å². The predicted octanol–water partition coefficient (Wildman–Crippen LogP) is 2.57. The third kappa shape index (κ3) is 4.48. The summed E-state index contributed by atoms with van der Waals surface area (Å²) in [6.07, 6.45) is 0. The average Bonchev–Trinajstić information content (AvgIpc) is 3.11. The number of carbonyl (C=O) groups is 2. The van der Waals surface area contributed by atoms with E-state index in [1.807, 2.05) is 24.4 Å². The maximum Gasteiger partial charge on any atom is 0.336 e. The van der Waals surface area contributed by atoms with Gasteiger partial charge in [0.2, 0.25) is 0 Å². The Hall–Kier alpha value is -3.13. The number of aryl methyl sites for hydroxylation is 1. The van der Waals surface area contributed by atoms with Crippen LogP contribution in [0, 0.1) is 6.92 Å². The maximum atomic E-state index is 11.8. The first kappa shape index (κ1) is 17.7. The molecule has 7 nitrogen and oxygen atoms in total. The van der Waals surface area contributed by atoms with Gasteiger partial charge in [0, 0.05) is 22.4 Å². The van der Waals surface area contributed by atoms with Gasteiger partial charge in [-0.05, 0) is 36.1 Å². The number of thiophene rings is 1. The molecule has 0 spiro atoms. The first-order valence-electron chi connectivity index (χ1n) is 7.78. The van der Waals surface area contributed by atoms with Crippen LogP contribution in [-0.4, -0.2) is 18.5 Å². The summed E-state index contributed by atoms with van der Waals surface area (Å²) < 4.78 is 10.5. The van der Waals surface area contributed by atoms with Gasteiger partial charge in [-0.1, -0.05) is 6.07 Å². The van der Waals surface area contributed by atoms with E-state index in [2.05, 4.69) is 10.6 Å². The minimum Gasteiger partial charge on any atom is -0.484 e. The average molecular weight is 372 g/mol. The van der Waals surface area contributed by atoms with Crippen molar-refractivity contribution in [2.45, 2.75) is 13.5 Å². The van der Waals surface area contributed by atoms with Gasteiger partial charge < -0.3 is 14.5 Å². The molecule has 2 N–H and O–H groups in total. The zero-order valence-electron chi connectivity index (χ0n) is 13.9. The van der Waals surface area contributed by atoms with Crippen LogP contribution in [0.5, 0.6) is 5.75 Å². The second-order valence-electron chi connectivity index (χ2n) is 5.51. The fraction of sp³-hybridized carbons (Fsp3) is 0.167. The highest BCUT2D eigenvalue weighted by atomic mass is 32.1. The van der Waals surface area contributed by atoms with Crippen LogP contribution in [0.2, 0.25) is 0 Å². The van der Waals surface area contributed by atoms with E-state index in [4.69, 9.17) is 9.15 Å². The Labute approximate surface area is 152 Å². The molecule has 8 heteroatoms. The van der Waals surface area contributed by atoms with Crippen molar-refractivity contribution in [2.75, 3.05) is 6.61 Å². The fourth-order valence-electron chi connectivity index (χ4n) is 2.33. The van der Waals surface area contributed by atoms with Crippen LogP contribution >= 0.6 is 11.3 Å². The molecule has 0 saturated heterocycles. The topological polar surface area (TPSA) is 97.6 Å². The lowest BCUT2D eigenvalue weighted by Gasteiger charge is -2.08. The van der Waals surface area contributed by atoms with E-state index in [-0.39, 0.29) is 6.61 Å². The summed E-state index contributed by atoms with van der Waals surface area (Å²) in [5.74, 6) is -0.222. The summed E-state index contributed by atoms with van der Waals surface area (Å²) in [6.45, 7) is 1.82. The molecular formula is C18H16N2O5S. The summed E-state index contributed by atoms with van der Waals surface area (Å²) in [5, 5.41) is 7.46. The summed E-state index contributed by atoms with van der Waals surface area (Å²) in [6, 6.07) is 9.53. The van der Waals surface area contributed by atoms with Gasteiger partial charge >= 0.3 is 11.7 Å². The number of hydrogen-bond donors (Lipinski definition) is 2. The summed E-state index contributed by atoms with van der Waals surface area (Å²) in [5.41, 5.74) is 0.719. The van der Waals surface area contributed by atoms with Crippen LogP contribution in [0.15, 0.2) is 51.0 Å². The summed E-state index contributed by atoms with van der Waals surface area (Å²) in [7, 11) is 0. The highest BCUT2D eigenvalue weighted by Crippen LogP contribution is 2.22. The van der Waals surface area contributed by atoms with Gasteiger partial charge in [-0.15, -0.1) is 11.3 Å². The van der Waals surface area contributed by atoms with Crippen LogP contribution in [-0.2, 0) is 11.3 Å². The Morgan fingerprint density at radius 1 is 1.23 bits per heavy atom. The van der Waals surface area contributed by atoms with Crippen LogP contribution in [0.1, 0.15) is 10.4 Å². The van der Waals surface area contributed by atoms with E-state index < -0.39 is 17.6 Å². The number of amides is 3. The Kier molecular flexibility index (Phi) is 5.33. The molecule has 3 aromatic rings. The molecule has 0 saturated carbocycles. The number of ether oxygens (including phenoxy) is 1. The number of rotatable bonds is 5. The lowest BCUT2D eigenvalue weighted by Crippen LogP contribution is -2.41. The lowest BCUT2D eigenvalue weighted by atomic mass is 10.1. The Morgan fingerprint density at radius 3 is 2.85 bits per heavy atom. The SMILES string of the molecule is Cc1cc(=O)oc2cc(OCC(=O)NC(=O)NCc3cccs3)ccc12. The fourth-order valence-corrected chi connectivity index (χ4v) is 2.98. The lowest BCUT2D eigenvalue weighted by molar-refractivity contribution is -0.122. The van der Waals surface area contributed by atoms with E-state index >= 15 is 0 Å². The van der Waals surface area contributed by atoms with E-state index in [9.17, 15) is 14.4 Å². The molecule has 0 aliphatic heterocycles. The molecular weight excluding hydrogens is 356 g/mol. The minimum atomic E-state index is -0.591. The van der Waals surface area contributed by atoms with Crippen LogP contribution in [0.25, 0.3) is 11.0 Å². The molecule has 0 fully saturated rings. The molecule has 2 aromatic heterocycles. The molecule has 0 aliphatic carbocycles. The van der Waals surface area contributed by atoms with Crippen molar-refractivity contribution >= 4 is 34.2 Å². The molecule has 0 bridgehead atoms. The van der Waals surface area contributed by atoms with E-state index in [0.717, 1.165) is 15.8 Å². The molecule has 26 heavy (non-hydrogen) atoms. The first-order chi connectivity index (χ1) is 12.5. The first-order valence-corrected chi connectivity index (χ1v) is 8.66. The molecule has 1 aromatic carbocycles. The molecule has 134 valence electrons. The molecule has 0 aliphatic rings. The number of benzene rings is 1. The number of hydrogen-bond acceptors (Lipinski definition) is 6. The maximum absolute atomic E-state index is 11.8. The van der Waals surface area contributed by atoms with Gasteiger partial charge in [0.25, 0.3) is 5.91 Å². The monoisotopic (exact) mass is 372 g/mol. The number of carbonyl (C=O) groups excluding carboxylic acids is 2. The van der Waals surface area contributed by atoms with Gasteiger partial charge in [0.15, 0.2) is 6.61 Å². The smallest absolute Gasteiger partial charge is 0.336 e. The van der Waals surface area contributed by atoms with Crippen molar-refractivity contribution in [3.05, 3.63) is 62.6 Å². The van der Waals surface area contributed by atoms with Crippen molar-refractivity contribution in [1.29, 1.82) is 0 Å². The van der Waals surface area contributed by atoms with Gasteiger partial charge in [-0.3, -0.25) is 10.1 Å². The summed E-state index contributed by atoms with van der Waals surface area (Å²) in [4.78, 5) is 35.9. The summed E-state index contributed by atoms with van der Waals surface area (Å²) >= 11 is 1.51. The van der Waals surface area contributed by atoms with Gasteiger partial charge in [-0.25, -0.2) is 9.59 Å². The van der Waals surface area contributed by atoms with Gasteiger partial charge in [-0.2, -0.15) is 0 Å². The number of fused-ring (bicyclic) bond motifs is 1. The van der Waals surface area contributed by atoms with E-state index in [1.54, 1.807) is 12.1 Å². The van der Waals surface area contributed by atoms with Crippen molar-refractivity contribution in [1.82, 2.24) is 10.6 Å². The largest absolute Gasteiger partial charge is 0.484 e. The van der Waals surface area contributed by atoms with Crippen LogP contribution in [0.3, 0.4) is 0 Å². The van der Waals surface area contributed by atoms with Crippen molar-refractivity contribution in [3.63, 3.8) is 0 Å². The standard InChI is InChI=1S/C18H16N2O5S/c1-11-7-17(22)25-15-8-12(4-5-14(11)15)24-10-16(21)20-18(23)19-9-13-3-2-6-26-13/h2-8H,9-10H2,1H3,(H2,19,20,21,23). The zero-order chi connectivity index (χ0) is 18.5. The minimum absolute atomic E-state index is 0.339. The van der Waals surface area contributed by atoms with Crippen molar-refractivity contribution < 1.29 is 18.7 Å². The molecule has 3 rings (SSSR count). The van der Waals surface area contributed by atoms with Crippen molar-refractivity contribution in [2.24, 2.45) is 0 Å². The van der Waals surface area contributed by atoms with E-state index in [1.165, 1.54) is 23.5 Å². The Morgan fingerprint density at radius 2 is 2.08 bits per heavy atom. The third-order valence-electron chi connectivity index (χ3n) is 3.55. The van der Waals surface area contributed by atoms with Gasteiger partial charge in [0.1, 0.15) is 11.3 Å². The Bertz CT molecular complexity index is 994. The third-order valence-corrected chi connectivity index (χ3v) is 4.43. The quantitative estimate of drug-likeness (QED) is 0.671. The predicted molar refractivity (Wildman–Crippen MR) is 97.4 cm³/mol. The molecule has 3 amide bonds. The molecule has 0 atom stereocenters. The number of nitrogens with one attached hydrogen (secondary N) is 2. The zero-order valence-corrected chi connectivity index (χ0v) is 14.7. The van der Waals surface area contributed by atoms with Crippen LogP contribution in [0.4, 0.5) is 4.79 Å². The van der Waals surface area contributed by atoms with Crippen LogP contribution < -0.4 is 21.0 Å². The highest BCUT2D eigenvalue weighted by molar-refractivity contribution is 7.09. The number of urea groups is 1. The Balaban J connectivity index is 1.53.